The molecule has 5 aromatic rings. The van der Waals surface area contributed by atoms with Crippen LogP contribution in [0.5, 0.6) is 0 Å². The molecule has 12 heteroatoms. The highest BCUT2D eigenvalue weighted by Gasteiger charge is 2.25. The molecule has 3 heterocycles. The number of hydrogen-bond donors (Lipinski definition) is 3. The first-order valence-corrected chi connectivity index (χ1v) is 11.4. The number of sulfonamides is 1. The van der Waals surface area contributed by atoms with Gasteiger partial charge in [0, 0.05) is 29.5 Å². The second-order valence-corrected chi connectivity index (χ2v) is 8.99. The number of nitrogens with zero attached hydrogens (tertiary/aromatic N) is 3. The Morgan fingerprint density at radius 1 is 0.971 bits per heavy atom. The number of hydrogen-bond acceptors (Lipinski definition) is 5. The van der Waals surface area contributed by atoms with Crippen LogP contribution in [0, 0.1) is 24.4 Å². The van der Waals surface area contributed by atoms with Crippen LogP contribution in [0.4, 0.5) is 18.9 Å². The number of aryl methyl sites for hydroxylation is 1. The summed E-state index contributed by atoms with van der Waals surface area (Å²) in [5.41, 5.74) is -1.23. The maximum absolute atomic E-state index is 15.4. The van der Waals surface area contributed by atoms with Crippen LogP contribution in [-0.2, 0) is 10.0 Å². The Hall–Kier alpha value is -4.19. The highest BCUT2D eigenvalue weighted by Crippen LogP contribution is 2.37. The predicted molar refractivity (Wildman–Crippen MR) is 119 cm³/mol. The van der Waals surface area contributed by atoms with Crippen LogP contribution in [0.25, 0.3) is 33.5 Å². The van der Waals surface area contributed by atoms with Crippen LogP contribution in [0.15, 0.2) is 59.9 Å². The lowest BCUT2D eigenvalue weighted by atomic mass is 10.0. The van der Waals surface area contributed by atoms with Crippen molar-refractivity contribution in [1.82, 2.24) is 25.1 Å². The standard InChI is InChI=1S/C22H15F3N6O2S/c1-11-16(3-2-8-26-11)34(32,33)31-15-7-6-14(23)17(19(15)25)12-4-5-13-20(18(12)24)29-30-21(13)22-27-9-10-28-22/h2-10,31H,1H3,(H,27,28)(H,29,30). The number of halogens is 3. The summed E-state index contributed by atoms with van der Waals surface area (Å²) in [7, 11) is -4.24. The second-order valence-electron chi connectivity index (χ2n) is 7.34. The smallest absolute Gasteiger partial charge is 0.263 e. The Morgan fingerprint density at radius 2 is 1.79 bits per heavy atom. The Bertz CT molecular complexity index is 1650. The fourth-order valence-corrected chi connectivity index (χ4v) is 4.91. The summed E-state index contributed by atoms with van der Waals surface area (Å²) in [5, 5.41) is 6.92. The molecule has 5 rings (SSSR count). The SMILES string of the molecule is Cc1ncccc1S(=O)(=O)Nc1ccc(F)c(-c2ccc3c(-c4ncc[nH]4)n[nH]c3c2F)c1F. The van der Waals surface area contributed by atoms with Crippen molar-refractivity contribution in [2.45, 2.75) is 11.8 Å². The largest absolute Gasteiger partial charge is 0.343 e. The van der Waals surface area contributed by atoms with Crippen LogP contribution < -0.4 is 4.72 Å². The fourth-order valence-electron chi connectivity index (χ4n) is 3.65. The van der Waals surface area contributed by atoms with Crippen LogP contribution in [-0.4, -0.2) is 33.6 Å². The zero-order valence-electron chi connectivity index (χ0n) is 17.4. The van der Waals surface area contributed by atoms with Crippen LogP contribution >= 0.6 is 0 Å². The lowest BCUT2D eigenvalue weighted by Gasteiger charge is -2.14. The molecule has 3 N–H and O–H groups in total. The summed E-state index contributed by atoms with van der Waals surface area (Å²) < 4.78 is 73.1. The molecule has 0 saturated carbocycles. The van der Waals surface area contributed by atoms with Crippen LogP contribution in [0.1, 0.15) is 5.69 Å². The molecule has 0 radical (unpaired) electrons. The van der Waals surface area contributed by atoms with E-state index in [4.69, 9.17) is 0 Å². The van der Waals surface area contributed by atoms with Crippen molar-refractivity contribution >= 4 is 26.6 Å². The third-order valence-electron chi connectivity index (χ3n) is 5.25. The average molecular weight is 484 g/mol. The molecule has 2 aromatic carbocycles. The van der Waals surface area contributed by atoms with Crippen LogP contribution in [0.2, 0.25) is 0 Å². The van der Waals surface area contributed by atoms with E-state index in [-0.39, 0.29) is 16.1 Å². The van der Waals surface area contributed by atoms with E-state index in [0.717, 1.165) is 12.1 Å². The van der Waals surface area contributed by atoms with E-state index in [1.54, 1.807) is 6.20 Å². The number of rotatable bonds is 5. The second kappa shape index (κ2) is 7.99. The quantitative estimate of drug-likeness (QED) is 0.339. The first-order chi connectivity index (χ1) is 16.3. The number of H-pyrrole nitrogens is 2. The van der Waals surface area contributed by atoms with Gasteiger partial charge in [0.2, 0.25) is 0 Å². The van der Waals surface area contributed by atoms with Gasteiger partial charge in [0.05, 0.1) is 16.9 Å². The monoisotopic (exact) mass is 484 g/mol. The van der Waals surface area contributed by atoms with Gasteiger partial charge in [-0.1, -0.05) is 6.07 Å². The van der Waals surface area contributed by atoms with Gasteiger partial charge in [0.15, 0.2) is 17.5 Å². The van der Waals surface area contributed by atoms with Gasteiger partial charge in [0.25, 0.3) is 10.0 Å². The number of nitrogens with one attached hydrogen (secondary N) is 3. The van der Waals surface area contributed by atoms with Crippen molar-refractivity contribution < 1.29 is 21.6 Å². The van der Waals surface area contributed by atoms with Gasteiger partial charge in [-0.15, -0.1) is 0 Å². The van der Waals surface area contributed by atoms with Gasteiger partial charge >= 0.3 is 0 Å². The van der Waals surface area contributed by atoms with Crippen molar-refractivity contribution in [1.29, 1.82) is 0 Å². The van der Waals surface area contributed by atoms with Crippen molar-refractivity contribution in [3.05, 3.63) is 78.1 Å². The minimum absolute atomic E-state index is 0.0836. The molecular weight excluding hydrogens is 469 g/mol. The minimum Gasteiger partial charge on any atom is -0.343 e. The van der Waals surface area contributed by atoms with E-state index < -0.39 is 44.3 Å². The van der Waals surface area contributed by atoms with E-state index in [1.807, 2.05) is 0 Å². The average Bonchev–Trinajstić information content (AvgIpc) is 3.47. The zero-order chi connectivity index (χ0) is 24.0. The van der Waals surface area contributed by atoms with Gasteiger partial charge in [-0.3, -0.25) is 14.8 Å². The summed E-state index contributed by atoms with van der Waals surface area (Å²) >= 11 is 0. The minimum atomic E-state index is -4.24. The fraction of sp³-hybridized carbons (Fsp3) is 0.0455. The molecule has 0 aliphatic heterocycles. The molecule has 0 spiro atoms. The number of fused-ring (bicyclic) bond motifs is 1. The summed E-state index contributed by atoms with van der Waals surface area (Å²) in [6.07, 6.45) is 4.49. The number of imidazole rings is 1. The maximum Gasteiger partial charge on any atom is 0.263 e. The first kappa shape index (κ1) is 21.6. The molecule has 8 nitrogen and oxygen atoms in total. The topological polar surface area (TPSA) is 116 Å². The molecule has 0 aliphatic rings. The molecule has 172 valence electrons. The van der Waals surface area contributed by atoms with Gasteiger partial charge in [-0.25, -0.2) is 26.6 Å². The van der Waals surface area contributed by atoms with E-state index in [9.17, 15) is 12.8 Å². The summed E-state index contributed by atoms with van der Waals surface area (Å²) in [6.45, 7) is 1.48. The number of pyridine rings is 1. The van der Waals surface area contributed by atoms with Crippen molar-refractivity contribution in [3.63, 3.8) is 0 Å². The first-order valence-electron chi connectivity index (χ1n) is 9.87. The lowest BCUT2D eigenvalue weighted by Crippen LogP contribution is -2.16. The molecule has 0 fully saturated rings. The summed E-state index contributed by atoms with van der Waals surface area (Å²) in [5.74, 6) is -2.90. The number of anilines is 1. The molecule has 0 atom stereocenters. The Morgan fingerprint density at radius 3 is 2.53 bits per heavy atom. The van der Waals surface area contributed by atoms with Gasteiger partial charge in [-0.05, 0) is 37.3 Å². The van der Waals surface area contributed by atoms with Crippen LogP contribution in [0.3, 0.4) is 0 Å². The zero-order valence-corrected chi connectivity index (χ0v) is 18.2. The molecule has 3 aromatic heterocycles. The molecule has 0 unspecified atom stereocenters. The molecule has 34 heavy (non-hydrogen) atoms. The number of aromatic amines is 2. The highest BCUT2D eigenvalue weighted by molar-refractivity contribution is 7.92. The normalized spacial score (nSPS) is 11.8. The Labute approximate surface area is 191 Å². The van der Waals surface area contributed by atoms with Crippen molar-refractivity contribution in [2.75, 3.05) is 4.72 Å². The molecule has 0 saturated heterocycles. The van der Waals surface area contributed by atoms with Gasteiger partial charge in [-0.2, -0.15) is 5.10 Å². The summed E-state index contributed by atoms with van der Waals surface area (Å²) in [4.78, 5) is 10.7. The van der Waals surface area contributed by atoms with E-state index >= 15 is 8.78 Å². The van der Waals surface area contributed by atoms with E-state index in [1.165, 1.54) is 43.6 Å². The maximum atomic E-state index is 15.4. The van der Waals surface area contributed by atoms with Crippen molar-refractivity contribution in [3.8, 4) is 22.6 Å². The molecular formula is C22H15F3N6O2S. The predicted octanol–water partition coefficient (Wildman–Crippen LogP) is 4.54. The Kier molecular flexibility index (Phi) is 5.09. The van der Waals surface area contributed by atoms with Gasteiger partial charge in [0.1, 0.15) is 21.9 Å². The lowest BCUT2D eigenvalue weighted by molar-refractivity contribution is 0.582. The third kappa shape index (κ3) is 3.48. The van der Waals surface area contributed by atoms with E-state index in [2.05, 4.69) is 29.9 Å². The molecule has 0 aliphatic carbocycles. The Balaban J connectivity index is 1.61. The third-order valence-corrected chi connectivity index (χ3v) is 6.75. The van der Waals surface area contributed by atoms with Crippen molar-refractivity contribution in [2.24, 2.45) is 0 Å². The highest BCUT2D eigenvalue weighted by atomic mass is 32.2. The number of aromatic nitrogens is 5. The van der Waals surface area contributed by atoms with Gasteiger partial charge < -0.3 is 4.98 Å². The molecule has 0 amide bonds. The van der Waals surface area contributed by atoms with E-state index in [0.29, 0.717) is 16.9 Å². The summed E-state index contributed by atoms with van der Waals surface area (Å²) in [6, 6.07) is 7.15. The number of benzene rings is 2. The molecule has 0 bridgehead atoms.